The Labute approximate surface area is 155 Å². The van der Waals surface area contributed by atoms with E-state index >= 15 is 0 Å². The van der Waals surface area contributed by atoms with Gasteiger partial charge in [0.05, 0.1) is 12.6 Å². The van der Waals surface area contributed by atoms with Gasteiger partial charge >= 0.3 is 0 Å². The summed E-state index contributed by atoms with van der Waals surface area (Å²) in [5, 5.41) is 5.83. The molecule has 0 bridgehead atoms. The van der Waals surface area contributed by atoms with Crippen molar-refractivity contribution in [2.75, 3.05) is 18.9 Å². The summed E-state index contributed by atoms with van der Waals surface area (Å²) < 4.78 is 0. The number of hydrogen-bond acceptors (Lipinski definition) is 3. The molecule has 0 saturated heterocycles. The average Bonchev–Trinajstić information content (AvgIpc) is 2.63. The van der Waals surface area contributed by atoms with Crippen molar-refractivity contribution in [3.05, 3.63) is 65.2 Å². The van der Waals surface area contributed by atoms with Crippen LogP contribution in [0.15, 0.2) is 48.5 Å². The third-order valence-electron chi connectivity index (χ3n) is 4.62. The summed E-state index contributed by atoms with van der Waals surface area (Å²) in [4.78, 5) is 26.4. The number of nitrogens with one attached hydrogen (secondary N) is 2. The number of likely N-dealkylation sites (N-methyl/N-ethyl adjacent to an activating group) is 1. The van der Waals surface area contributed by atoms with Gasteiger partial charge in [0.1, 0.15) is 0 Å². The zero-order valence-corrected chi connectivity index (χ0v) is 15.9. The molecule has 5 heteroatoms. The normalized spacial score (nSPS) is 11.9. The van der Waals surface area contributed by atoms with Crippen LogP contribution in [0.5, 0.6) is 0 Å². The largest absolute Gasteiger partial charge is 0.351 e. The zero-order chi connectivity index (χ0) is 19.1. The molecule has 26 heavy (non-hydrogen) atoms. The van der Waals surface area contributed by atoms with Crippen molar-refractivity contribution in [2.45, 2.75) is 33.4 Å². The molecule has 1 atom stereocenters. The number of nitrogens with zero attached hydrogens (tertiary/aromatic N) is 1. The van der Waals surface area contributed by atoms with E-state index in [1.54, 1.807) is 18.9 Å². The van der Waals surface area contributed by atoms with Crippen LogP contribution in [0.3, 0.4) is 0 Å². The van der Waals surface area contributed by atoms with Crippen molar-refractivity contribution in [1.29, 1.82) is 0 Å². The summed E-state index contributed by atoms with van der Waals surface area (Å²) in [7, 11) is 1.77. The maximum Gasteiger partial charge on any atom is 0.238 e. The molecular weight excluding hydrogens is 326 g/mol. The second-order valence-electron chi connectivity index (χ2n) is 6.59. The molecule has 0 aliphatic heterocycles. The molecule has 2 aromatic carbocycles. The Morgan fingerprint density at radius 2 is 1.73 bits per heavy atom. The lowest BCUT2D eigenvalue weighted by atomic mass is 10.1. The third-order valence-corrected chi connectivity index (χ3v) is 4.62. The lowest BCUT2D eigenvalue weighted by molar-refractivity contribution is -0.126. The molecule has 1 unspecified atom stereocenters. The van der Waals surface area contributed by atoms with Gasteiger partial charge in [-0.3, -0.25) is 14.5 Å². The first-order valence-electron chi connectivity index (χ1n) is 8.76. The number of carbonyl (C=O) groups excluding carboxylic acids is 2. The van der Waals surface area contributed by atoms with Crippen molar-refractivity contribution in [3.8, 4) is 0 Å². The fourth-order valence-electron chi connectivity index (χ4n) is 2.57. The molecule has 2 aromatic rings. The number of rotatable bonds is 7. The summed E-state index contributed by atoms with van der Waals surface area (Å²) in [5.74, 6) is -0.236. The monoisotopic (exact) mass is 353 g/mol. The van der Waals surface area contributed by atoms with Crippen molar-refractivity contribution < 1.29 is 9.59 Å². The topological polar surface area (TPSA) is 61.4 Å². The highest BCUT2D eigenvalue weighted by Crippen LogP contribution is 2.17. The fraction of sp³-hybridized carbons (Fsp3) is 0.333. The molecule has 5 nitrogen and oxygen atoms in total. The van der Waals surface area contributed by atoms with Crippen LogP contribution in [0.2, 0.25) is 0 Å². The van der Waals surface area contributed by atoms with Crippen LogP contribution in [0.1, 0.15) is 23.6 Å². The van der Waals surface area contributed by atoms with E-state index in [1.807, 2.05) is 62.4 Å². The Hall–Kier alpha value is -2.66. The predicted octanol–water partition coefficient (Wildman–Crippen LogP) is 2.88. The quantitative estimate of drug-likeness (QED) is 0.805. The highest BCUT2D eigenvalue weighted by molar-refractivity contribution is 5.93. The van der Waals surface area contributed by atoms with Crippen molar-refractivity contribution in [2.24, 2.45) is 0 Å². The number of aryl methyl sites for hydroxylation is 1. The van der Waals surface area contributed by atoms with Gasteiger partial charge < -0.3 is 10.6 Å². The number of amides is 2. The van der Waals surface area contributed by atoms with Crippen molar-refractivity contribution in [3.63, 3.8) is 0 Å². The van der Waals surface area contributed by atoms with Gasteiger partial charge in [-0.25, -0.2) is 0 Å². The van der Waals surface area contributed by atoms with E-state index in [0.717, 1.165) is 22.4 Å². The summed E-state index contributed by atoms with van der Waals surface area (Å²) in [6.45, 7) is 6.41. The van der Waals surface area contributed by atoms with Gasteiger partial charge in [-0.2, -0.15) is 0 Å². The number of hydrogen-bond donors (Lipinski definition) is 2. The van der Waals surface area contributed by atoms with E-state index in [0.29, 0.717) is 6.54 Å². The highest BCUT2D eigenvalue weighted by atomic mass is 16.2. The standard InChI is InChI=1S/C21H27N3O2/c1-15-9-8-12-19(16(15)2)23-20(25)14-24(4)17(3)21(26)22-13-18-10-6-5-7-11-18/h5-12,17H,13-14H2,1-4H3,(H,22,26)(H,23,25). The molecule has 0 aliphatic rings. The highest BCUT2D eigenvalue weighted by Gasteiger charge is 2.20. The molecule has 2 amide bonds. The van der Waals surface area contributed by atoms with E-state index in [2.05, 4.69) is 10.6 Å². The van der Waals surface area contributed by atoms with Gasteiger partial charge in [-0.05, 0) is 50.6 Å². The van der Waals surface area contributed by atoms with Crippen LogP contribution in [0.4, 0.5) is 5.69 Å². The molecule has 0 aliphatic carbocycles. The number of benzene rings is 2. The Morgan fingerprint density at radius 3 is 2.42 bits per heavy atom. The van der Waals surface area contributed by atoms with Gasteiger partial charge in [0.25, 0.3) is 0 Å². The SMILES string of the molecule is Cc1cccc(NC(=O)CN(C)C(C)C(=O)NCc2ccccc2)c1C. The molecule has 0 fully saturated rings. The number of anilines is 1. The van der Waals surface area contributed by atoms with Gasteiger partial charge in [0.15, 0.2) is 0 Å². The van der Waals surface area contributed by atoms with Crippen LogP contribution in [0, 0.1) is 13.8 Å². The van der Waals surface area contributed by atoms with E-state index in [1.165, 1.54) is 0 Å². The minimum Gasteiger partial charge on any atom is -0.351 e. The van der Waals surface area contributed by atoms with Gasteiger partial charge in [-0.15, -0.1) is 0 Å². The first-order chi connectivity index (χ1) is 12.4. The maximum absolute atomic E-state index is 12.3. The Morgan fingerprint density at radius 1 is 1.04 bits per heavy atom. The van der Waals surface area contributed by atoms with Gasteiger partial charge in [0.2, 0.25) is 11.8 Å². The lowest BCUT2D eigenvalue weighted by Gasteiger charge is -2.23. The zero-order valence-electron chi connectivity index (χ0n) is 15.9. The first kappa shape index (κ1) is 19.7. The molecule has 0 saturated carbocycles. The summed E-state index contributed by atoms with van der Waals surface area (Å²) >= 11 is 0. The molecule has 0 heterocycles. The molecule has 0 radical (unpaired) electrons. The number of carbonyl (C=O) groups is 2. The van der Waals surface area contributed by atoms with Crippen LogP contribution in [-0.2, 0) is 16.1 Å². The minimum atomic E-state index is -0.400. The second-order valence-corrected chi connectivity index (χ2v) is 6.59. The molecular formula is C21H27N3O2. The Balaban J connectivity index is 1.85. The summed E-state index contributed by atoms with van der Waals surface area (Å²) in [5.41, 5.74) is 4.04. The van der Waals surface area contributed by atoms with E-state index < -0.39 is 6.04 Å². The van der Waals surface area contributed by atoms with Crippen molar-refractivity contribution in [1.82, 2.24) is 10.2 Å². The van der Waals surface area contributed by atoms with Crippen LogP contribution < -0.4 is 10.6 Å². The smallest absolute Gasteiger partial charge is 0.238 e. The molecule has 2 N–H and O–H groups in total. The lowest BCUT2D eigenvalue weighted by Crippen LogP contribution is -2.45. The molecule has 138 valence electrons. The predicted molar refractivity (Wildman–Crippen MR) is 105 cm³/mol. The Bertz CT molecular complexity index is 759. The first-order valence-corrected chi connectivity index (χ1v) is 8.76. The molecule has 0 aromatic heterocycles. The van der Waals surface area contributed by atoms with E-state index in [-0.39, 0.29) is 18.4 Å². The van der Waals surface area contributed by atoms with Crippen molar-refractivity contribution >= 4 is 17.5 Å². The van der Waals surface area contributed by atoms with Gasteiger partial charge in [0, 0.05) is 12.2 Å². The van der Waals surface area contributed by atoms with E-state index in [9.17, 15) is 9.59 Å². The van der Waals surface area contributed by atoms with Crippen LogP contribution in [0.25, 0.3) is 0 Å². The fourth-order valence-corrected chi connectivity index (χ4v) is 2.57. The average molecular weight is 353 g/mol. The van der Waals surface area contributed by atoms with Gasteiger partial charge in [-0.1, -0.05) is 42.5 Å². The van der Waals surface area contributed by atoms with Crippen LogP contribution in [-0.4, -0.2) is 36.3 Å². The third kappa shape index (κ3) is 5.43. The maximum atomic E-state index is 12.3. The summed E-state index contributed by atoms with van der Waals surface area (Å²) in [6.07, 6.45) is 0. The minimum absolute atomic E-state index is 0.101. The molecule has 2 rings (SSSR count). The van der Waals surface area contributed by atoms with E-state index in [4.69, 9.17) is 0 Å². The Kier molecular flexibility index (Phi) is 6.92. The van der Waals surface area contributed by atoms with Crippen LogP contribution >= 0.6 is 0 Å². The molecule has 0 spiro atoms. The second kappa shape index (κ2) is 9.15. The summed E-state index contributed by atoms with van der Waals surface area (Å²) in [6, 6.07) is 15.2.